The second-order valence-electron chi connectivity index (χ2n) is 6.21. The van der Waals surface area contributed by atoms with Crippen molar-refractivity contribution >= 4 is 11.8 Å². The highest BCUT2D eigenvalue weighted by atomic mass is 32.2. The van der Waals surface area contributed by atoms with Crippen LogP contribution in [-0.4, -0.2) is 23.6 Å². The lowest BCUT2D eigenvalue weighted by Crippen LogP contribution is -2.39. The first-order valence-corrected chi connectivity index (χ1v) is 8.91. The van der Waals surface area contributed by atoms with E-state index in [0.29, 0.717) is 5.92 Å². The summed E-state index contributed by atoms with van der Waals surface area (Å²) in [6.45, 7) is 0.810. The van der Waals surface area contributed by atoms with Gasteiger partial charge in [-0.05, 0) is 55.6 Å². The predicted molar refractivity (Wildman–Crippen MR) is 83.1 cm³/mol. The van der Waals surface area contributed by atoms with E-state index in [1.165, 1.54) is 30.6 Å². The van der Waals surface area contributed by atoms with Gasteiger partial charge in [-0.1, -0.05) is 25.0 Å². The van der Waals surface area contributed by atoms with E-state index in [9.17, 15) is 5.11 Å². The summed E-state index contributed by atoms with van der Waals surface area (Å²) in [6, 6.07) is 8.36. The molecule has 110 valence electrons. The van der Waals surface area contributed by atoms with Crippen LogP contribution in [0, 0.1) is 5.92 Å². The van der Waals surface area contributed by atoms with Crippen molar-refractivity contribution in [3.63, 3.8) is 0 Å². The zero-order valence-corrected chi connectivity index (χ0v) is 13.0. The Hall–Kier alpha value is -0.510. The molecule has 1 saturated heterocycles. The minimum Gasteiger partial charge on any atom is -0.388 e. The number of benzene rings is 1. The average molecular weight is 292 g/mol. The third-order valence-corrected chi connectivity index (χ3v) is 5.69. The molecule has 2 atom stereocenters. The molecule has 2 nitrogen and oxygen atoms in total. The fourth-order valence-corrected chi connectivity index (χ4v) is 4.18. The van der Waals surface area contributed by atoms with E-state index in [1.807, 2.05) is 0 Å². The maximum Gasteiger partial charge on any atom is 0.0820 e. The van der Waals surface area contributed by atoms with E-state index in [1.54, 1.807) is 11.8 Å². The normalized spacial score (nSPS) is 26.8. The average Bonchev–Trinajstić information content (AvgIpc) is 2.94. The molecule has 2 aliphatic rings. The van der Waals surface area contributed by atoms with Gasteiger partial charge >= 0.3 is 0 Å². The van der Waals surface area contributed by atoms with Crippen LogP contribution in [0.15, 0.2) is 29.2 Å². The topological polar surface area (TPSA) is 29.5 Å². The summed E-state index contributed by atoms with van der Waals surface area (Å²) < 4.78 is 6.06. The van der Waals surface area contributed by atoms with Crippen molar-refractivity contribution in [2.24, 2.45) is 5.92 Å². The van der Waals surface area contributed by atoms with E-state index >= 15 is 0 Å². The van der Waals surface area contributed by atoms with Gasteiger partial charge in [-0.2, -0.15) is 0 Å². The highest BCUT2D eigenvalue weighted by molar-refractivity contribution is 7.98. The number of rotatable bonds is 3. The molecule has 0 bridgehead atoms. The quantitative estimate of drug-likeness (QED) is 0.847. The van der Waals surface area contributed by atoms with Crippen LogP contribution in [0.25, 0.3) is 0 Å². The highest BCUT2D eigenvalue weighted by Gasteiger charge is 2.41. The zero-order chi connectivity index (χ0) is 14.0. The lowest BCUT2D eigenvalue weighted by molar-refractivity contribution is -0.113. The second kappa shape index (κ2) is 6.08. The third kappa shape index (κ3) is 2.90. The molecule has 2 unspecified atom stereocenters. The largest absolute Gasteiger partial charge is 0.388 e. The van der Waals surface area contributed by atoms with Crippen LogP contribution in [0.2, 0.25) is 0 Å². The highest BCUT2D eigenvalue weighted by Crippen LogP contribution is 2.45. The van der Waals surface area contributed by atoms with Gasteiger partial charge in [0.2, 0.25) is 0 Å². The fraction of sp³-hybridized carbons (Fsp3) is 0.647. The number of hydrogen-bond acceptors (Lipinski definition) is 3. The molecular weight excluding hydrogens is 268 g/mol. The van der Waals surface area contributed by atoms with Gasteiger partial charge in [0.15, 0.2) is 0 Å². The Morgan fingerprint density at radius 1 is 1.25 bits per heavy atom. The van der Waals surface area contributed by atoms with E-state index in [-0.39, 0.29) is 11.7 Å². The van der Waals surface area contributed by atoms with Crippen molar-refractivity contribution < 1.29 is 9.84 Å². The lowest BCUT2D eigenvalue weighted by Gasteiger charge is -2.40. The van der Waals surface area contributed by atoms with Gasteiger partial charge in [-0.25, -0.2) is 0 Å². The van der Waals surface area contributed by atoms with Gasteiger partial charge in [-0.15, -0.1) is 11.8 Å². The second-order valence-corrected chi connectivity index (χ2v) is 7.09. The fourth-order valence-electron chi connectivity index (χ4n) is 3.78. The van der Waals surface area contributed by atoms with Crippen LogP contribution < -0.4 is 0 Å². The monoisotopic (exact) mass is 292 g/mol. The minimum absolute atomic E-state index is 0.0864. The molecule has 1 aromatic carbocycles. The first kappa shape index (κ1) is 14.4. The van der Waals surface area contributed by atoms with Gasteiger partial charge in [0.25, 0.3) is 0 Å². The SMILES string of the molecule is CSc1ccc(C(O)C2CCOC3(CCCC3)C2)cc1. The molecule has 0 radical (unpaired) electrons. The van der Waals surface area contributed by atoms with Crippen LogP contribution in [-0.2, 0) is 4.74 Å². The van der Waals surface area contributed by atoms with Crippen LogP contribution in [0.1, 0.15) is 50.2 Å². The van der Waals surface area contributed by atoms with Crippen molar-refractivity contribution in [1.29, 1.82) is 0 Å². The van der Waals surface area contributed by atoms with Crippen molar-refractivity contribution in [1.82, 2.24) is 0 Å². The molecule has 1 saturated carbocycles. The van der Waals surface area contributed by atoms with E-state index in [0.717, 1.165) is 25.0 Å². The molecular formula is C17H24O2S. The maximum atomic E-state index is 10.7. The first-order valence-electron chi connectivity index (χ1n) is 7.68. The van der Waals surface area contributed by atoms with E-state index in [2.05, 4.69) is 30.5 Å². The van der Waals surface area contributed by atoms with Crippen molar-refractivity contribution in [2.75, 3.05) is 12.9 Å². The summed E-state index contributed by atoms with van der Waals surface area (Å²) in [5.41, 5.74) is 1.14. The number of ether oxygens (including phenoxy) is 1. The molecule has 1 aliphatic heterocycles. The van der Waals surface area contributed by atoms with E-state index in [4.69, 9.17) is 4.74 Å². The van der Waals surface area contributed by atoms with Gasteiger partial charge in [0.1, 0.15) is 0 Å². The number of aliphatic hydroxyl groups is 1. The summed E-state index contributed by atoms with van der Waals surface area (Å²) >= 11 is 1.74. The lowest BCUT2D eigenvalue weighted by atomic mass is 9.80. The van der Waals surface area contributed by atoms with Crippen molar-refractivity contribution in [3.8, 4) is 0 Å². The Labute approximate surface area is 125 Å². The number of thioether (sulfide) groups is 1. The summed E-state index contributed by atoms with van der Waals surface area (Å²) in [6.07, 6.45) is 8.67. The molecule has 0 amide bonds. The molecule has 3 heteroatoms. The zero-order valence-electron chi connectivity index (χ0n) is 12.2. The summed E-state index contributed by atoms with van der Waals surface area (Å²) in [7, 11) is 0. The summed E-state index contributed by atoms with van der Waals surface area (Å²) in [4.78, 5) is 1.25. The van der Waals surface area contributed by atoms with Gasteiger partial charge < -0.3 is 9.84 Å². The Bertz CT molecular complexity index is 437. The number of aliphatic hydroxyl groups excluding tert-OH is 1. The molecule has 1 aromatic rings. The van der Waals surface area contributed by atoms with Crippen molar-refractivity contribution in [3.05, 3.63) is 29.8 Å². The maximum absolute atomic E-state index is 10.7. The Morgan fingerprint density at radius 3 is 2.60 bits per heavy atom. The molecule has 1 aliphatic carbocycles. The predicted octanol–water partition coefficient (Wildman–Crippen LogP) is 4.18. The molecule has 1 N–H and O–H groups in total. The van der Waals surface area contributed by atoms with Crippen LogP contribution in [0.3, 0.4) is 0 Å². The van der Waals surface area contributed by atoms with Crippen LogP contribution in [0.4, 0.5) is 0 Å². The van der Waals surface area contributed by atoms with E-state index < -0.39 is 0 Å². The first-order chi connectivity index (χ1) is 9.72. The molecule has 3 rings (SSSR count). The van der Waals surface area contributed by atoms with Gasteiger partial charge in [0.05, 0.1) is 11.7 Å². The molecule has 1 heterocycles. The summed E-state index contributed by atoms with van der Waals surface area (Å²) in [5.74, 6) is 0.349. The van der Waals surface area contributed by atoms with Gasteiger partial charge in [-0.3, -0.25) is 0 Å². The molecule has 2 fully saturated rings. The molecule has 1 spiro atoms. The molecule has 20 heavy (non-hydrogen) atoms. The molecule has 0 aromatic heterocycles. The third-order valence-electron chi connectivity index (χ3n) is 4.95. The van der Waals surface area contributed by atoms with Crippen molar-refractivity contribution in [2.45, 2.75) is 55.1 Å². The smallest absolute Gasteiger partial charge is 0.0820 e. The standard InChI is InChI=1S/C17H24O2S/c1-20-15-6-4-13(5-7-15)16(18)14-8-11-19-17(12-14)9-2-3-10-17/h4-7,14,16,18H,2-3,8-12H2,1H3. The Balaban J connectivity index is 1.70. The Morgan fingerprint density at radius 2 is 1.95 bits per heavy atom. The summed E-state index contributed by atoms with van der Waals surface area (Å²) in [5, 5.41) is 10.7. The van der Waals surface area contributed by atoms with Crippen LogP contribution in [0.5, 0.6) is 0 Å². The Kier molecular flexibility index (Phi) is 4.39. The number of hydrogen-bond donors (Lipinski definition) is 1. The van der Waals surface area contributed by atoms with Gasteiger partial charge in [0, 0.05) is 11.5 Å². The minimum atomic E-state index is -0.340. The van der Waals surface area contributed by atoms with Crippen LogP contribution >= 0.6 is 11.8 Å².